The minimum Gasteiger partial charge on any atom is -0.486 e. The van der Waals surface area contributed by atoms with Gasteiger partial charge in [0.05, 0.1) is 6.61 Å². The minimum atomic E-state index is 0.174. The van der Waals surface area contributed by atoms with Crippen LogP contribution in [-0.4, -0.2) is 42.9 Å². The molecule has 1 aliphatic rings. The predicted molar refractivity (Wildman–Crippen MR) is 74.6 cm³/mol. The number of aliphatic hydroxyl groups excluding tert-OH is 1. The van der Waals surface area contributed by atoms with Crippen molar-refractivity contribution in [3.63, 3.8) is 0 Å². The zero-order valence-corrected chi connectivity index (χ0v) is 11.9. The van der Waals surface area contributed by atoms with Crippen LogP contribution in [0.25, 0.3) is 0 Å². The topological polar surface area (TPSA) is 41.9 Å². The lowest BCUT2D eigenvalue weighted by molar-refractivity contribution is 0.107. The van der Waals surface area contributed by atoms with Crippen molar-refractivity contribution in [1.82, 2.24) is 4.90 Å². The SMILES string of the molecule is CC(C)C(CO)N(C)Cc1ccc2c(c1)OCCO2. The van der Waals surface area contributed by atoms with Crippen LogP contribution < -0.4 is 9.47 Å². The smallest absolute Gasteiger partial charge is 0.161 e. The van der Waals surface area contributed by atoms with Crippen LogP contribution in [0.3, 0.4) is 0 Å². The van der Waals surface area contributed by atoms with E-state index in [4.69, 9.17) is 9.47 Å². The molecular formula is C15H23NO3. The summed E-state index contributed by atoms with van der Waals surface area (Å²) >= 11 is 0. The van der Waals surface area contributed by atoms with Gasteiger partial charge in [-0.15, -0.1) is 0 Å². The van der Waals surface area contributed by atoms with Crippen molar-refractivity contribution in [2.45, 2.75) is 26.4 Å². The Kier molecular flexibility index (Phi) is 4.66. The third-order valence-electron chi connectivity index (χ3n) is 3.56. The molecule has 106 valence electrons. The van der Waals surface area contributed by atoms with E-state index in [1.54, 1.807) is 0 Å². The number of likely N-dealkylation sites (N-methyl/N-ethyl adjacent to an activating group) is 1. The van der Waals surface area contributed by atoms with Crippen molar-refractivity contribution >= 4 is 0 Å². The van der Waals surface area contributed by atoms with Crippen LogP contribution in [0, 0.1) is 5.92 Å². The molecule has 1 aromatic rings. The molecular weight excluding hydrogens is 242 g/mol. The minimum absolute atomic E-state index is 0.174. The Hall–Kier alpha value is -1.26. The second-order valence-electron chi connectivity index (χ2n) is 5.39. The lowest BCUT2D eigenvalue weighted by atomic mass is 10.0. The molecule has 0 fully saturated rings. The van der Waals surface area contributed by atoms with Gasteiger partial charge in [-0.3, -0.25) is 4.90 Å². The summed E-state index contributed by atoms with van der Waals surface area (Å²) in [6, 6.07) is 6.22. The zero-order chi connectivity index (χ0) is 13.8. The van der Waals surface area contributed by atoms with Crippen molar-refractivity contribution in [2.75, 3.05) is 26.9 Å². The van der Waals surface area contributed by atoms with E-state index in [-0.39, 0.29) is 12.6 Å². The first kappa shape index (κ1) is 14.2. The largest absolute Gasteiger partial charge is 0.486 e. The Morgan fingerprint density at radius 3 is 2.53 bits per heavy atom. The van der Waals surface area contributed by atoms with Crippen LogP contribution in [0.15, 0.2) is 18.2 Å². The number of aliphatic hydroxyl groups is 1. The number of ether oxygens (including phenoxy) is 2. The van der Waals surface area contributed by atoms with Gasteiger partial charge in [0.25, 0.3) is 0 Å². The average Bonchev–Trinajstić information content (AvgIpc) is 2.39. The maximum Gasteiger partial charge on any atom is 0.161 e. The van der Waals surface area contributed by atoms with E-state index in [9.17, 15) is 5.11 Å². The van der Waals surface area contributed by atoms with Crippen LogP contribution in [0.4, 0.5) is 0 Å². The second-order valence-corrected chi connectivity index (χ2v) is 5.39. The van der Waals surface area contributed by atoms with Crippen molar-refractivity contribution in [1.29, 1.82) is 0 Å². The number of nitrogens with zero attached hydrogens (tertiary/aromatic N) is 1. The Morgan fingerprint density at radius 1 is 1.21 bits per heavy atom. The average molecular weight is 265 g/mol. The summed E-state index contributed by atoms with van der Waals surface area (Å²) in [5.74, 6) is 2.06. The zero-order valence-electron chi connectivity index (χ0n) is 11.9. The third-order valence-corrected chi connectivity index (χ3v) is 3.56. The number of rotatable bonds is 5. The Morgan fingerprint density at radius 2 is 1.89 bits per heavy atom. The van der Waals surface area contributed by atoms with E-state index in [1.807, 2.05) is 19.2 Å². The number of fused-ring (bicyclic) bond motifs is 1. The fourth-order valence-corrected chi connectivity index (χ4v) is 2.45. The Labute approximate surface area is 114 Å². The van der Waals surface area contributed by atoms with Gasteiger partial charge in [0.1, 0.15) is 13.2 Å². The van der Waals surface area contributed by atoms with Crippen molar-refractivity contribution < 1.29 is 14.6 Å². The molecule has 0 saturated carbocycles. The molecule has 1 aromatic carbocycles. The summed E-state index contributed by atoms with van der Waals surface area (Å²) < 4.78 is 11.1. The van der Waals surface area contributed by atoms with Crippen LogP contribution in [-0.2, 0) is 6.54 Å². The lowest BCUT2D eigenvalue weighted by Crippen LogP contribution is -2.38. The van der Waals surface area contributed by atoms with E-state index >= 15 is 0 Å². The molecule has 1 unspecified atom stereocenters. The van der Waals surface area contributed by atoms with Crippen LogP contribution in [0.1, 0.15) is 19.4 Å². The molecule has 0 aromatic heterocycles. The molecule has 0 bridgehead atoms. The number of benzene rings is 1. The molecule has 0 aliphatic carbocycles. The number of hydrogen-bond acceptors (Lipinski definition) is 4. The van der Waals surface area contributed by atoms with Gasteiger partial charge in [0.2, 0.25) is 0 Å². The first-order valence-corrected chi connectivity index (χ1v) is 6.81. The van der Waals surface area contributed by atoms with Gasteiger partial charge in [-0.25, -0.2) is 0 Å². The summed E-state index contributed by atoms with van der Waals surface area (Å²) in [6.07, 6.45) is 0. The quantitative estimate of drug-likeness (QED) is 0.883. The maximum absolute atomic E-state index is 9.45. The molecule has 1 N–H and O–H groups in total. The van der Waals surface area contributed by atoms with E-state index in [0.29, 0.717) is 19.1 Å². The summed E-state index contributed by atoms with van der Waals surface area (Å²) in [7, 11) is 2.04. The third kappa shape index (κ3) is 3.39. The van der Waals surface area contributed by atoms with Gasteiger partial charge in [-0.2, -0.15) is 0 Å². The highest BCUT2D eigenvalue weighted by atomic mass is 16.6. The summed E-state index contributed by atoms with van der Waals surface area (Å²) in [5.41, 5.74) is 1.17. The Bertz CT molecular complexity index is 420. The van der Waals surface area contributed by atoms with Gasteiger partial charge in [0.15, 0.2) is 11.5 Å². The highest BCUT2D eigenvalue weighted by Crippen LogP contribution is 2.31. The monoisotopic (exact) mass is 265 g/mol. The molecule has 19 heavy (non-hydrogen) atoms. The molecule has 4 nitrogen and oxygen atoms in total. The van der Waals surface area contributed by atoms with E-state index < -0.39 is 0 Å². The fourth-order valence-electron chi connectivity index (χ4n) is 2.45. The second kappa shape index (κ2) is 6.26. The molecule has 2 rings (SSSR count). The maximum atomic E-state index is 9.45. The summed E-state index contributed by atoms with van der Waals surface area (Å²) in [6.45, 7) is 6.45. The van der Waals surface area contributed by atoms with Crippen LogP contribution in [0.5, 0.6) is 11.5 Å². The van der Waals surface area contributed by atoms with Gasteiger partial charge in [-0.05, 0) is 30.7 Å². The first-order chi connectivity index (χ1) is 9.11. The van der Waals surface area contributed by atoms with E-state index in [1.165, 1.54) is 5.56 Å². The molecule has 0 amide bonds. The lowest BCUT2D eigenvalue weighted by Gasteiger charge is -2.30. The highest BCUT2D eigenvalue weighted by Gasteiger charge is 2.19. The highest BCUT2D eigenvalue weighted by molar-refractivity contribution is 5.43. The van der Waals surface area contributed by atoms with Crippen molar-refractivity contribution in [3.05, 3.63) is 23.8 Å². The summed E-state index contributed by atoms with van der Waals surface area (Å²) in [4.78, 5) is 2.18. The molecule has 4 heteroatoms. The van der Waals surface area contributed by atoms with Gasteiger partial charge < -0.3 is 14.6 Å². The van der Waals surface area contributed by atoms with Gasteiger partial charge in [0, 0.05) is 12.6 Å². The fraction of sp³-hybridized carbons (Fsp3) is 0.600. The normalized spacial score (nSPS) is 15.9. The summed E-state index contributed by atoms with van der Waals surface area (Å²) in [5, 5.41) is 9.45. The molecule has 1 aliphatic heterocycles. The Balaban J connectivity index is 2.06. The van der Waals surface area contributed by atoms with E-state index in [0.717, 1.165) is 18.0 Å². The molecule has 0 radical (unpaired) electrons. The molecule has 0 spiro atoms. The standard InChI is InChI=1S/C15H23NO3/c1-11(2)13(10-17)16(3)9-12-4-5-14-15(8-12)19-7-6-18-14/h4-5,8,11,13,17H,6-7,9-10H2,1-3H3. The first-order valence-electron chi connectivity index (χ1n) is 6.81. The molecule has 0 saturated heterocycles. The van der Waals surface area contributed by atoms with Crippen LogP contribution in [0.2, 0.25) is 0 Å². The predicted octanol–water partition coefficient (Wildman–Crippen LogP) is 1.91. The van der Waals surface area contributed by atoms with Gasteiger partial charge >= 0.3 is 0 Å². The van der Waals surface area contributed by atoms with Crippen molar-refractivity contribution in [2.24, 2.45) is 5.92 Å². The number of hydrogen-bond donors (Lipinski definition) is 1. The molecule has 1 atom stereocenters. The van der Waals surface area contributed by atoms with E-state index in [2.05, 4.69) is 24.8 Å². The molecule has 1 heterocycles. The van der Waals surface area contributed by atoms with Gasteiger partial charge in [-0.1, -0.05) is 19.9 Å². The van der Waals surface area contributed by atoms with Crippen LogP contribution >= 0.6 is 0 Å². The van der Waals surface area contributed by atoms with Crippen molar-refractivity contribution in [3.8, 4) is 11.5 Å².